The van der Waals surface area contributed by atoms with Gasteiger partial charge in [-0.15, -0.1) is 0 Å². The van der Waals surface area contributed by atoms with Crippen LogP contribution in [0.2, 0.25) is 0 Å². The van der Waals surface area contributed by atoms with Gasteiger partial charge in [0.1, 0.15) is 0 Å². The zero-order valence-electron chi connectivity index (χ0n) is 40.9. The Hall–Kier alpha value is -7.16. The van der Waals surface area contributed by atoms with Crippen LogP contribution in [-0.4, -0.2) is 9.13 Å². The van der Waals surface area contributed by atoms with Crippen LogP contribution in [0.1, 0.15) is 103 Å². The molecule has 0 amide bonds. The average molecular weight is 877 g/mol. The highest BCUT2D eigenvalue weighted by Gasteiger charge is 2.38. The molecule has 0 unspecified atom stereocenters. The first-order chi connectivity index (χ1) is 32.5. The summed E-state index contributed by atoms with van der Waals surface area (Å²) in [5.41, 5.74) is 21.1. The molecule has 12 aromatic rings. The van der Waals surface area contributed by atoms with Crippen LogP contribution in [0.4, 0.5) is 0 Å². The molecule has 2 aromatic heterocycles. The fourth-order valence-corrected chi connectivity index (χ4v) is 13.0. The predicted octanol–water partition coefficient (Wildman–Crippen LogP) is 18.0. The number of hydrogen-bond donors (Lipinski definition) is 0. The summed E-state index contributed by atoms with van der Waals surface area (Å²) >= 11 is 0. The van der Waals surface area contributed by atoms with Crippen LogP contribution < -0.4 is 0 Å². The first-order valence-electron chi connectivity index (χ1n) is 24.7. The molecule has 14 rings (SSSR count). The first-order valence-corrected chi connectivity index (χ1v) is 24.7. The van der Waals surface area contributed by atoms with E-state index < -0.39 is 0 Å². The van der Waals surface area contributed by atoms with Crippen molar-refractivity contribution in [3.8, 4) is 33.6 Å². The van der Waals surface area contributed by atoms with E-state index in [9.17, 15) is 0 Å². The van der Waals surface area contributed by atoms with Gasteiger partial charge in [0.25, 0.3) is 0 Å². The molecule has 2 aliphatic rings. The summed E-state index contributed by atoms with van der Waals surface area (Å²) in [7, 11) is 0. The molecule has 2 heteroatoms. The number of benzene rings is 10. The van der Waals surface area contributed by atoms with Crippen LogP contribution in [0, 0.1) is 0 Å². The Kier molecular flexibility index (Phi) is 7.57. The van der Waals surface area contributed by atoms with Crippen LogP contribution in [0.5, 0.6) is 0 Å². The van der Waals surface area contributed by atoms with Gasteiger partial charge in [-0.3, -0.25) is 0 Å². The highest BCUT2D eigenvalue weighted by Crippen LogP contribution is 2.53. The van der Waals surface area contributed by atoms with Crippen molar-refractivity contribution in [2.75, 3.05) is 0 Å². The van der Waals surface area contributed by atoms with Crippen molar-refractivity contribution in [1.82, 2.24) is 9.13 Å². The highest BCUT2D eigenvalue weighted by atomic mass is 15.0. The Morgan fingerprint density at radius 2 is 0.676 bits per heavy atom. The van der Waals surface area contributed by atoms with E-state index in [1.807, 2.05) is 0 Å². The molecule has 0 saturated heterocycles. The number of rotatable bonds is 2. The molecule has 0 saturated carbocycles. The van der Waals surface area contributed by atoms with Crippen LogP contribution >= 0.6 is 0 Å². The average Bonchev–Trinajstić information content (AvgIpc) is 3.96. The zero-order valence-corrected chi connectivity index (χ0v) is 40.9. The molecule has 0 radical (unpaired) electrons. The van der Waals surface area contributed by atoms with Gasteiger partial charge in [0.05, 0.1) is 22.1 Å². The summed E-state index contributed by atoms with van der Waals surface area (Å²) in [5, 5.41) is 13.0. The fraction of sp³-hybridized carbons (Fsp3) is 0.212. The van der Waals surface area contributed by atoms with E-state index in [-0.39, 0.29) is 21.7 Å². The minimum absolute atomic E-state index is 0.0331. The van der Waals surface area contributed by atoms with Crippen LogP contribution in [0.15, 0.2) is 158 Å². The van der Waals surface area contributed by atoms with Crippen LogP contribution in [0.25, 0.3) is 110 Å². The van der Waals surface area contributed by atoms with Crippen molar-refractivity contribution in [2.45, 2.75) is 90.9 Å². The lowest BCUT2D eigenvalue weighted by Crippen LogP contribution is -2.15. The minimum Gasteiger partial charge on any atom is -0.309 e. The smallest absolute Gasteiger partial charge is 0.0544 e. The third-order valence-corrected chi connectivity index (χ3v) is 16.7. The Labute approximate surface area is 398 Å². The zero-order chi connectivity index (χ0) is 46.6. The van der Waals surface area contributed by atoms with Gasteiger partial charge < -0.3 is 9.13 Å². The monoisotopic (exact) mass is 876 g/mol. The van der Waals surface area contributed by atoms with Gasteiger partial charge in [-0.2, -0.15) is 0 Å². The van der Waals surface area contributed by atoms with E-state index in [1.54, 1.807) is 0 Å². The van der Waals surface area contributed by atoms with Crippen molar-refractivity contribution < 1.29 is 0 Å². The van der Waals surface area contributed by atoms with Crippen molar-refractivity contribution in [1.29, 1.82) is 0 Å². The maximum absolute atomic E-state index is 2.55. The lowest BCUT2D eigenvalue weighted by atomic mass is 9.82. The van der Waals surface area contributed by atoms with E-state index in [2.05, 4.69) is 236 Å². The Morgan fingerprint density at radius 1 is 0.324 bits per heavy atom. The second kappa shape index (κ2) is 12.9. The molecule has 2 nitrogen and oxygen atoms in total. The predicted molar refractivity (Wildman–Crippen MR) is 291 cm³/mol. The molecule has 0 N–H and O–H groups in total. The summed E-state index contributed by atoms with van der Waals surface area (Å²) in [5.74, 6) is 0. The Bertz CT molecular complexity index is 3860. The summed E-state index contributed by atoms with van der Waals surface area (Å²) in [6.07, 6.45) is 0. The van der Waals surface area contributed by atoms with Crippen molar-refractivity contribution >= 4 is 75.9 Å². The summed E-state index contributed by atoms with van der Waals surface area (Å²) < 4.78 is 5.10. The van der Waals surface area contributed by atoms with E-state index in [4.69, 9.17) is 0 Å². The molecule has 0 spiro atoms. The molecule has 2 heterocycles. The van der Waals surface area contributed by atoms with E-state index in [0.717, 1.165) is 0 Å². The molecular weight excluding hydrogens is 821 g/mol. The highest BCUT2D eigenvalue weighted by molar-refractivity contribution is 6.24. The van der Waals surface area contributed by atoms with Crippen LogP contribution in [0.3, 0.4) is 0 Å². The standard InChI is InChI=1S/C66H56N2/c1-63(2,3)41-23-25-57-49(31-41)51-33-47-45-15-11-13-17-53(45)65(7,8)55(47)35-59(51)67(57)43-27-37-19-21-39-29-44(30-40-22-20-38(28-43)61(37)62(39)40)68-58-26-24-42(64(4,5)6)32-50(58)52-34-48-46-16-12-14-18-54(46)66(9,10)56(48)36-60(52)68/h11-36H,1-10H3. The summed E-state index contributed by atoms with van der Waals surface area (Å²) in [6.45, 7) is 23.5. The molecule has 10 aromatic carbocycles. The van der Waals surface area contributed by atoms with Crippen LogP contribution in [-0.2, 0) is 21.7 Å². The quantitative estimate of drug-likeness (QED) is 0.153. The Morgan fingerprint density at radius 3 is 1.04 bits per heavy atom. The SMILES string of the molecule is CC(C)(C)c1ccc2c(c1)c1cc3c(cc1n2-c1cc2ccc4cc(-n5c6ccc(C(C)(C)C)cc6c6cc7c(cc65)C(C)(C)c5ccccc5-7)cc5ccc(c1)c2c45)C(C)(C)c1ccccc1-3. The van der Waals surface area contributed by atoms with Crippen molar-refractivity contribution in [3.63, 3.8) is 0 Å². The first kappa shape index (κ1) is 40.0. The largest absolute Gasteiger partial charge is 0.309 e. The molecule has 2 aliphatic carbocycles. The lowest BCUT2D eigenvalue weighted by molar-refractivity contribution is 0.591. The van der Waals surface area contributed by atoms with Gasteiger partial charge >= 0.3 is 0 Å². The normalized spacial score (nSPS) is 15.1. The van der Waals surface area contributed by atoms with E-state index >= 15 is 0 Å². The maximum Gasteiger partial charge on any atom is 0.0544 e. The number of fused-ring (bicyclic) bond motifs is 12. The van der Waals surface area contributed by atoms with E-state index in [0.29, 0.717) is 0 Å². The van der Waals surface area contributed by atoms with Crippen molar-refractivity contribution in [3.05, 3.63) is 191 Å². The molecule has 68 heavy (non-hydrogen) atoms. The number of aromatic nitrogens is 2. The number of hydrogen-bond acceptors (Lipinski definition) is 0. The third kappa shape index (κ3) is 5.19. The second-order valence-corrected chi connectivity index (χ2v) is 23.5. The van der Waals surface area contributed by atoms with Gasteiger partial charge in [-0.1, -0.05) is 154 Å². The van der Waals surface area contributed by atoms with Gasteiger partial charge in [0.15, 0.2) is 0 Å². The van der Waals surface area contributed by atoms with Gasteiger partial charge in [0.2, 0.25) is 0 Å². The molecular formula is C66H56N2. The van der Waals surface area contributed by atoms with Gasteiger partial charge in [0, 0.05) is 43.7 Å². The maximum atomic E-state index is 2.55. The Balaban J connectivity index is 0.982. The van der Waals surface area contributed by atoms with E-state index in [1.165, 1.54) is 143 Å². The fourth-order valence-electron chi connectivity index (χ4n) is 13.0. The summed E-state index contributed by atoms with van der Waals surface area (Å²) in [4.78, 5) is 0. The third-order valence-electron chi connectivity index (χ3n) is 16.7. The molecule has 330 valence electrons. The minimum atomic E-state index is -0.0959. The summed E-state index contributed by atoms with van der Waals surface area (Å²) in [6, 6.07) is 61.7. The molecule has 0 atom stereocenters. The molecule has 0 bridgehead atoms. The topological polar surface area (TPSA) is 9.86 Å². The van der Waals surface area contributed by atoms with Gasteiger partial charge in [-0.05, 0) is 172 Å². The number of nitrogens with zero attached hydrogens (tertiary/aromatic N) is 2. The molecule has 0 fully saturated rings. The molecule has 0 aliphatic heterocycles. The second-order valence-electron chi connectivity index (χ2n) is 23.5. The van der Waals surface area contributed by atoms with Crippen molar-refractivity contribution in [2.24, 2.45) is 0 Å². The van der Waals surface area contributed by atoms with Gasteiger partial charge in [-0.25, -0.2) is 0 Å². The lowest BCUT2D eigenvalue weighted by Gasteiger charge is -2.22.